The maximum Gasteiger partial charge on any atom is 0.234 e. The van der Waals surface area contributed by atoms with Crippen molar-refractivity contribution in [1.29, 1.82) is 0 Å². The summed E-state index contributed by atoms with van der Waals surface area (Å²) in [5.41, 5.74) is 7.16. The minimum atomic E-state index is -0.00732. The van der Waals surface area contributed by atoms with E-state index in [4.69, 9.17) is 5.73 Å². The molecule has 4 nitrogen and oxygen atoms in total. The molecule has 1 heterocycles. The largest absolute Gasteiger partial charge is 0.348 e. The number of benzene rings is 2. The van der Waals surface area contributed by atoms with Gasteiger partial charge in [-0.25, -0.2) is 0 Å². The lowest BCUT2D eigenvalue weighted by atomic mass is 9.90. The standard InChI is InChI=1S/C20H27N3O/c1-15(17-9-5-7-16-6-3-4-8-18(16)17)22-19(24)12-23-11-10-20(2,13-21)14-23/h3-9,15H,10-14,21H2,1-2H3,(H,22,24). The molecule has 4 heteroatoms. The molecule has 1 amide bonds. The van der Waals surface area contributed by atoms with Crippen molar-refractivity contribution in [2.24, 2.45) is 11.1 Å². The van der Waals surface area contributed by atoms with Gasteiger partial charge in [0.25, 0.3) is 0 Å². The number of hydrogen-bond donors (Lipinski definition) is 2. The van der Waals surface area contributed by atoms with Crippen molar-refractivity contribution in [1.82, 2.24) is 10.2 Å². The first-order chi connectivity index (χ1) is 11.5. The molecule has 0 radical (unpaired) electrons. The Kier molecular flexibility index (Phi) is 4.88. The van der Waals surface area contributed by atoms with E-state index in [-0.39, 0.29) is 17.4 Å². The zero-order valence-corrected chi connectivity index (χ0v) is 14.6. The van der Waals surface area contributed by atoms with Crippen molar-refractivity contribution in [3.63, 3.8) is 0 Å². The molecule has 24 heavy (non-hydrogen) atoms. The third kappa shape index (κ3) is 3.60. The van der Waals surface area contributed by atoms with Crippen LogP contribution in [-0.4, -0.2) is 37.0 Å². The zero-order valence-electron chi connectivity index (χ0n) is 14.6. The number of nitrogens with zero attached hydrogens (tertiary/aromatic N) is 1. The number of nitrogens with two attached hydrogens (primary N) is 1. The van der Waals surface area contributed by atoms with E-state index in [1.54, 1.807) is 0 Å². The van der Waals surface area contributed by atoms with Crippen molar-refractivity contribution < 1.29 is 4.79 Å². The van der Waals surface area contributed by atoms with E-state index in [9.17, 15) is 4.79 Å². The molecule has 0 saturated carbocycles. The van der Waals surface area contributed by atoms with Gasteiger partial charge in [-0.1, -0.05) is 49.4 Å². The lowest BCUT2D eigenvalue weighted by Crippen LogP contribution is -2.39. The van der Waals surface area contributed by atoms with Gasteiger partial charge in [-0.15, -0.1) is 0 Å². The van der Waals surface area contributed by atoms with Gasteiger partial charge in [0.1, 0.15) is 0 Å². The summed E-state index contributed by atoms with van der Waals surface area (Å²) in [4.78, 5) is 14.6. The van der Waals surface area contributed by atoms with Crippen molar-refractivity contribution in [2.75, 3.05) is 26.2 Å². The van der Waals surface area contributed by atoms with Gasteiger partial charge in [0.2, 0.25) is 5.91 Å². The van der Waals surface area contributed by atoms with E-state index in [2.05, 4.69) is 41.4 Å². The molecular formula is C20H27N3O. The lowest BCUT2D eigenvalue weighted by Gasteiger charge is -2.23. The predicted octanol–water partition coefficient (Wildman–Crippen LogP) is 2.69. The summed E-state index contributed by atoms with van der Waals surface area (Å²) in [5, 5.41) is 5.55. The number of rotatable bonds is 5. The Morgan fingerprint density at radius 3 is 2.79 bits per heavy atom. The molecule has 0 spiro atoms. The fraction of sp³-hybridized carbons (Fsp3) is 0.450. The highest BCUT2D eigenvalue weighted by atomic mass is 16.2. The van der Waals surface area contributed by atoms with E-state index in [1.807, 2.05) is 25.1 Å². The first-order valence-corrected chi connectivity index (χ1v) is 8.70. The van der Waals surface area contributed by atoms with Crippen LogP contribution in [0.25, 0.3) is 10.8 Å². The van der Waals surface area contributed by atoms with Gasteiger partial charge >= 0.3 is 0 Å². The Labute approximate surface area is 144 Å². The van der Waals surface area contributed by atoms with Gasteiger partial charge in [0, 0.05) is 6.54 Å². The van der Waals surface area contributed by atoms with Crippen molar-refractivity contribution >= 4 is 16.7 Å². The minimum absolute atomic E-state index is 0.00732. The monoisotopic (exact) mass is 325 g/mol. The van der Waals surface area contributed by atoms with Crippen LogP contribution in [0.4, 0.5) is 0 Å². The second-order valence-corrected chi connectivity index (χ2v) is 7.33. The van der Waals surface area contributed by atoms with Crippen molar-refractivity contribution in [3.05, 3.63) is 48.0 Å². The second-order valence-electron chi connectivity index (χ2n) is 7.33. The van der Waals surface area contributed by atoms with Crippen LogP contribution in [-0.2, 0) is 4.79 Å². The number of hydrogen-bond acceptors (Lipinski definition) is 3. The normalized spacial score (nSPS) is 22.6. The first-order valence-electron chi connectivity index (χ1n) is 8.70. The fourth-order valence-electron chi connectivity index (χ4n) is 3.62. The second kappa shape index (κ2) is 6.91. The van der Waals surface area contributed by atoms with E-state index in [0.717, 1.165) is 25.1 Å². The Hall–Kier alpha value is -1.91. The highest BCUT2D eigenvalue weighted by Crippen LogP contribution is 2.28. The molecule has 2 aromatic rings. The number of likely N-dealkylation sites (tertiary alicyclic amines) is 1. The molecular weight excluding hydrogens is 298 g/mol. The quantitative estimate of drug-likeness (QED) is 0.888. The maximum atomic E-state index is 12.4. The highest BCUT2D eigenvalue weighted by Gasteiger charge is 2.33. The topological polar surface area (TPSA) is 58.4 Å². The van der Waals surface area contributed by atoms with Crippen LogP contribution >= 0.6 is 0 Å². The SMILES string of the molecule is CC(NC(=O)CN1CCC(C)(CN)C1)c1cccc2ccccc12. The van der Waals surface area contributed by atoms with Crippen LogP contribution in [0.5, 0.6) is 0 Å². The summed E-state index contributed by atoms with van der Waals surface area (Å²) in [6, 6.07) is 14.5. The van der Waals surface area contributed by atoms with Crippen LogP contribution in [0.3, 0.4) is 0 Å². The molecule has 0 aliphatic carbocycles. The third-order valence-electron chi connectivity index (χ3n) is 5.16. The highest BCUT2D eigenvalue weighted by molar-refractivity contribution is 5.87. The van der Waals surface area contributed by atoms with Crippen molar-refractivity contribution in [2.45, 2.75) is 26.3 Å². The average molecular weight is 325 g/mol. The summed E-state index contributed by atoms with van der Waals surface area (Å²) >= 11 is 0. The number of fused-ring (bicyclic) bond motifs is 1. The molecule has 2 atom stereocenters. The van der Waals surface area contributed by atoms with Gasteiger partial charge in [-0.3, -0.25) is 9.69 Å². The number of carbonyl (C=O) groups excluding carboxylic acids is 1. The summed E-state index contributed by atoms with van der Waals surface area (Å²) < 4.78 is 0. The summed E-state index contributed by atoms with van der Waals surface area (Å²) in [5.74, 6) is 0.0803. The predicted molar refractivity (Wildman–Crippen MR) is 98.7 cm³/mol. The minimum Gasteiger partial charge on any atom is -0.348 e. The Balaban J connectivity index is 1.64. The first kappa shape index (κ1) is 16.9. The van der Waals surface area contributed by atoms with E-state index in [1.165, 1.54) is 10.8 Å². The molecule has 2 unspecified atom stereocenters. The number of nitrogens with one attached hydrogen (secondary N) is 1. The van der Waals surface area contributed by atoms with Gasteiger partial charge in [0.05, 0.1) is 12.6 Å². The van der Waals surface area contributed by atoms with Crippen LogP contribution in [0.2, 0.25) is 0 Å². The molecule has 3 rings (SSSR count). The molecule has 1 aliphatic heterocycles. The number of carbonyl (C=O) groups is 1. The molecule has 128 valence electrons. The summed E-state index contributed by atoms with van der Waals surface area (Å²) in [6.07, 6.45) is 1.07. The molecule has 1 fully saturated rings. The molecule has 1 saturated heterocycles. The van der Waals surface area contributed by atoms with Crippen LogP contribution in [0.1, 0.15) is 31.9 Å². The smallest absolute Gasteiger partial charge is 0.234 e. The molecule has 0 aromatic heterocycles. The average Bonchev–Trinajstić information content (AvgIpc) is 2.95. The van der Waals surface area contributed by atoms with E-state index < -0.39 is 0 Å². The Bertz CT molecular complexity index is 724. The van der Waals surface area contributed by atoms with Crippen LogP contribution in [0.15, 0.2) is 42.5 Å². The van der Waals surface area contributed by atoms with Crippen molar-refractivity contribution in [3.8, 4) is 0 Å². The fourth-order valence-corrected chi connectivity index (χ4v) is 3.62. The third-order valence-corrected chi connectivity index (χ3v) is 5.16. The van der Waals surface area contributed by atoms with E-state index in [0.29, 0.717) is 13.1 Å². The van der Waals surface area contributed by atoms with Gasteiger partial charge in [0.15, 0.2) is 0 Å². The number of amides is 1. The van der Waals surface area contributed by atoms with Gasteiger partial charge in [-0.05, 0) is 48.2 Å². The Morgan fingerprint density at radius 2 is 2.04 bits per heavy atom. The Morgan fingerprint density at radius 1 is 1.29 bits per heavy atom. The van der Waals surface area contributed by atoms with Crippen LogP contribution in [0, 0.1) is 5.41 Å². The molecule has 1 aliphatic rings. The zero-order chi connectivity index (χ0) is 17.2. The molecule has 3 N–H and O–H groups in total. The van der Waals surface area contributed by atoms with Gasteiger partial charge < -0.3 is 11.1 Å². The van der Waals surface area contributed by atoms with Gasteiger partial charge in [-0.2, -0.15) is 0 Å². The summed E-state index contributed by atoms with van der Waals surface area (Å²) in [7, 11) is 0. The molecule has 0 bridgehead atoms. The lowest BCUT2D eigenvalue weighted by molar-refractivity contribution is -0.122. The summed E-state index contributed by atoms with van der Waals surface area (Å²) in [6.45, 7) is 7.23. The maximum absolute atomic E-state index is 12.4. The molecule has 2 aromatic carbocycles. The van der Waals surface area contributed by atoms with Crippen LogP contribution < -0.4 is 11.1 Å². The van der Waals surface area contributed by atoms with E-state index >= 15 is 0 Å².